The number of carbonyl (C=O) groups is 1. The van der Waals surface area contributed by atoms with Crippen LogP contribution in [0.4, 0.5) is 5.69 Å². The molecule has 1 aromatic heterocycles. The Kier molecular flexibility index (Phi) is 5.24. The fourth-order valence-corrected chi connectivity index (χ4v) is 2.66. The van der Waals surface area contributed by atoms with E-state index in [1.807, 2.05) is 67.7 Å². The lowest BCUT2D eigenvalue weighted by Gasteiger charge is -2.07. The van der Waals surface area contributed by atoms with Crippen LogP contribution in [-0.2, 0) is 6.42 Å². The van der Waals surface area contributed by atoms with Crippen LogP contribution < -0.4 is 5.32 Å². The van der Waals surface area contributed by atoms with Gasteiger partial charge in [0.15, 0.2) is 0 Å². The Morgan fingerprint density at radius 1 is 0.960 bits per heavy atom. The molecule has 3 aromatic rings. The van der Waals surface area contributed by atoms with Gasteiger partial charge in [0.2, 0.25) is 0 Å². The minimum absolute atomic E-state index is 0.110. The first-order valence-corrected chi connectivity index (χ1v) is 8.59. The average molecular weight is 330 g/mol. The summed E-state index contributed by atoms with van der Waals surface area (Å²) in [5, 5.41) is 2.91. The highest BCUT2D eigenvalue weighted by Gasteiger charge is 2.07. The van der Waals surface area contributed by atoms with Gasteiger partial charge >= 0.3 is 0 Å². The first kappa shape index (κ1) is 16.9. The molecule has 0 aliphatic rings. The third-order valence-corrected chi connectivity index (χ3v) is 4.12. The third kappa shape index (κ3) is 4.32. The first-order valence-electron chi connectivity index (χ1n) is 8.59. The van der Waals surface area contributed by atoms with Crippen molar-refractivity contribution >= 4 is 11.6 Å². The summed E-state index contributed by atoms with van der Waals surface area (Å²) in [6.07, 6.45) is 4.09. The molecule has 0 saturated carbocycles. The molecular formula is C22H22N2O. The number of carbonyl (C=O) groups excluding carboxylic acids is 1. The SMILES string of the molecule is CCCc1ccc(-c2ccc(C(=O)Nc3ccc(C)cc3)cc2)nc1. The van der Waals surface area contributed by atoms with Crippen LogP contribution >= 0.6 is 0 Å². The van der Waals surface area contributed by atoms with Crippen molar-refractivity contribution in [3.05, 3.63) is 83.6 Å². The Balaban J connectivity index is 1.70. The number of nitrogens with zero attached hydrogens (tertiary/aromatic N) is 1. The summed E-state index contributed by atoms with van der Waals surface area (Å²) in [5.74, 6) is -0.110. The Hall–Kier alpha value is -2.94. The Labute approximate surface area is 148 Å². The van der Waals surface area contributed by atoms with Crippen molar-refractivity contribution in [3.8, 4) is 11.3 Å². The molecule has 0 saturated heterocycles. The van der Waals surface area contributed by atoms with Gasteiger partial charge in [0.05, 0.1) is 5.69 Å². The summed E-state index contributed by atoms with van der Waals surface area (Å²) in [4.78, 5) is 16.9. The average Bonchev–Trinajstić information content (AvgIpc) is 2.65. The number of rotatable bonds is 5. The molecule has 0 fully saturated rings. The molecule has 25 heavy (non-hydrogen) atoms. The number of hydrogen-bond donors (Lipinski definition) is 1. The largest absolute Gasteiger partial charge is 0.322 e. The molecule has 0 radical (unpaired) electrons. The van der Waals surface area contributed by atoms with Gasteiger partial charge in [-0.25, -0.2) is 0 Å². The second-order valence-corrected chi connectivity index (χ2v) is 6.20. The van der Waals surface area contributed by atoms with Gasteiger partial charge in [-0.3, -0.25) is 9.78 Å². The molecule has 126 valence electrons. The van der Waals surface area contributed by atoms with E-state index in [1.165, 1.54) is 11.1 Å². The molecule has 0 bridgehead atoms. The quantitative estimate of drug-likeness (QED) is 0.693. The van der Waals surface area contributed by atoms with Crippen LogP contribution in [0.5, 0.6) is 0 Å². The minimum Gasteiger partial charge on any atom is -0.322 e. The Morgan fingerprint density at radius 3 is 2.28 bits per heavy atom. The lowest BCUT2D eigenvalue weighted by molar-refractivity contribution is 0.102. The normalized spacial score (nSPS) is 10.5. The number of nitrogens with one attached hydrogen (secondary N) is 1. The van der Waals surface area contributed by atoms with Gasteiger partial charge in [-0.2, -0.15) is 0 Å². The number of anilines is 1. The van der Waals surface area contributed by atoms with Crippen molar-refractivity contribution in [2.45, 2.75) is 26.7 Å². The maximum absolute atomic E-state index is 12.3. The van der Waals surface area contributed by atoms with E-state index in [9.17, 15) is 4.79 Å². The molecule has 1 heterocycles. The summed E-state index contributed by atoms with van der Waals surface area (Å²) in [5.41, 5.74) is 5.78. The highest BCUT2D eigenvalue weighted by Crippen LogP contribution is 2.19. The molecule has 3 heteroatoms. The molecule has 0 aliphatic heterocycles. The van der Waals surface area contributed by atoms with Crippen LogP contribution in [0.1, 0.15) is 34.8 Å². The maximum Gasteiger partial charge on any atom is 0.255 e. The maximum atomic E-state index is 12.3. The lowest BCUT2D eigenvalue weighted by atomic mass is 10.1. The summed E-state index contributed by atoms with van der Waals surface area (Å²) in [7, 11) is 0. The summed E-state index contributed by atoms with van der Waals surface area (Å²) in [6.45, 7) is 4.18. The van der Waals surface area contributed by atoms with Gasteiger partial charge in [-0.1, -0.05) is 49.2 Å². The highest BCUT2D eigenvalue weighted by molar-refractivity contribution is 6.04. The molecule has 0 atom stereocenters. The fourth-order valence-electron chi connectivity index (χ4n) is 2.66. The molecule has 1 N–H and O–H groups in total. The zero-order valence-corrected chi connectivity index (χ0v) is 14.6. The Bertz CT molecular complexity index is 835. The number of pyridine rings is 1. The number of hydrogen-bond acceptors (Lipinski definition) is 2. The highest BCUT2D eigenvalue weighted by atomic mass is 16.1. The van der Waals surface area contributed by atoms with Crippen molar-refractivity contribution in [3.63, 3.8) is 0 Å². The van der Waals surface area contributed by atoms with E-state index in [0.29, 0.717) is 5.56 Å². The zero-order valence-electron chi connectivity index (χ0n) is 14.6. The number of benzene rings is 2. The van der Waals surface area contributed by atoms with Crippen LogP contribution in [0.15, 0.2) is 66.9 Å². The number of amides is 1. The van der Waals surface area contributed by atoms with Crippen molar-refractivity contribution in [2.75, 3.05) is 5.32 Å². The van der Waals surface area contributed by atoms with Crippen molar-refractivity contribution in [2.24, 2.45) is 0 Å². The van der Waals surface area contributed by atoms with Crippen molar-refractivity contribution in [1.29, 1.82) is 0 Å². The van der Waals surface area contributed by atoms with Gasteiger partial charge in [-0.15, -0.1) is 0 Å². The van der Waals surface area contributed by atoms with E-state index in [1.54, 1.807) is 0 Å². The van der Waals surface area contributed by atoms with Crippen molar-refractivity contribution < 1.29 is 4.79 Å². The van der Waals surface area contributed by atoms with Crippen LogP contribution in [-0.4, -0.2) is 10.9 Å². The predicted molar refractivity (Wildman–Crippen MR) is 103 cm³/mol. The first-order chi connectivity index (χ1) is 12.2. The van der Waals surface area contributed by atoms with Gasteiger partial charge in [-0.05, 0) is 49.2 Å². The van der Waals surface area contributed by atoms with Crippen LogP contribution in [0.3, 0.4) is 0 Å². The van der Waals surface area contributed by atoms with Gasteiger partial charge in [0.25, 0.3) is 5.91 Å². The van der Waals surface area contributed by atoms with E-state index in [-0.39, 0.29) is 5.91 Å². The lowest BCUT2D eigenvalue weighted by Crippen LogP contribution is -2.11. The fraction of sp³-hybridized carbons (Fsp3) is 0.182. The molecule has 2 aromatic carbocycles. The number of aryl methyl sites for hydroxylation is 2. The molecule has 1 amide bonds. The molecule has 3 rings (SSSR count). The van der Waals surface area contributed by atoms with Gasteiger partial charge in [0, 0.05) is 23.0 Å². The second kappa shape index (κ2) is 7.75. The summed E-state index contributed by atoms with van der Waals surface area (Å²) < 4.78 is 0. The predicted octanol–water partition coefficient (Wildman–Crippen LogP) is 5.26. The van der Waals surface area contributed by atoms with E-state index < -0.39 is 0 Å². The van der Waals surface area contributed by atoms with Gasteiger partial charge in [0.1, 0.15) is 0 Å². The molecule has 0 aliphatic carbocycles. The van der Waals surface area contributed by atoms with E-state index in [4.69, 9.17) is 0 Å². The zero-order chi connectivity index (χ0) is 17.6. The second-order valence-electron chi connectivity index (χ2n) is 6.20. The van der Waals surface area contributed by atoms with E-state index in [0.717, 1.165) is 29.8 Å². The molecular weight excluding hydrogens is 308 g/mol. The standard InChI is InChI=1S/C22H22N2O/c1-3-4-17-7-14-21(23-15-17)18-8-10-19(11-9-18)22(25)24-20-12-5-16(2)6-13-20/h5-15H,3-4H2,1-2H3,(H,24,25). The molecule has 0 unspecified atom stereocenters. The topological polar surface area (TPSA) is 42.0 Å². The van der Waals surface area contributed by atoms with Crippen molar-refractivity contribution in [1.82, 2.24) is 4.98 Å². The summed E-state index contributed by atoms with van der Waals surface area (Å²) in [6, 6.07) is 19.5. The Morgan fingerprint density at radius 2 is 1.68 bits per heavy atom. The van der Waals surface area contributed by atoms with E-state index in [2.05, 4.69) is 23.3 Å². The summed E-state index contributed by atoms with van der Waals surface area (Å²) >= 11 is 0. The minimum atomic E-state index is -0.110. The molecule has 0 spiro atoms. The number of aromatic nitrogens is 1. The third-order valence-electron chi connectivity index (χ3n) is 4.12. The van der Waals surface area contributed by atoms with Gasteiger partial charge < -0.3 is 5.32 Å². The van der Waals surface area contributed by atoms with Crippen LogP contribution in [0, 0.1) is 6.92 Å². The smallest absolute Gasteiger partial charge is 0.255 e. The molecule has 3 nitrogen and oxygen atoms in total. The van der Waals surface area contributed by atoms with Crippen LogP contribution in [0.25, 0.3) is 11.3 Å². The van der Waals surface area contributed by atoms with E-state index >= 15 is 0 Å². The van der Waals surface area contributed by atoms with Crippen LogP contribution in [0.2, 0.25) is 0 Å². The monoisotopic (exact) mass is 330 g/mol.